The van der Waals surface area contributed by atoms with Gasteiger partial charge >= 0.3 is 0 Å². The maximum absolute atomic E-state index is 14.5. The second-order valence-electron chi connectivity index (χ2n) is 9.25. The van der Waals surface area contributed by atoms with Crippen molar-refractivity contribution in [2.24, 2.45) is 0 Å². The Labute approximate surface area is 231 Å². The molecule has 0 spiro atoms. The number of nitrogens with one attached hydrogen (secondary N) is 1. The molecule has 1 N–H and O–H groups in total. The molecule has 3 aromatic carbocycles. The summed E-state index contributed by atoms with van der Waals surface area (Å²) in [5.74, 6) is -1.61. The first-order chi connectivity index (χ1) is 17.9. The number of hydrogen-bond acceptors (Lipinski definition) is 4. The Balaban J connectivity index is 2.03. The molecule has 3 rings (SSSR count). The van der Waals surface area contributed by atoms with Gasteiger partial charge < -0.3 is 10.2 Å². The fourth-order valence-corrected chi connectivity index (χ4v) is 5.45. The first kappa shape index (κ1) is 29.3. The van der Waals surface area contributed by atoms with E-state index >= 15 is 0 Å². The average Bonchev–Trinajstić information content (AvgIpc) is 2.86. The summed E-state index contributed by atoms with van der Waals surface area (Å²) in [6.45, 7) is 6.15. The molecule has 3 aromatic rings. The lowest BCUT2D eigenvalue weighted by molar-refractivity contribution is -0.139. The minimum Gasteiger partial charge on any atom is -0.352 e. The van der Waals surface area contributed by atoms with Crippen LogP contribution in [0.25, 0.3) is 0 Å². The number of aryl methyl sites for hydroxylation is 1. The quantitative estimate of drug-likeness (QED) is 0.352. The van der Waals surface area contributed by atoms with Crippen molar-refractivity contribution < 1.29 is 22.4 Å². The van der Waals surface area contributed by atoms with E-state index in [2.05, 4.69) is 21.2 Å². The Morgan fingerprint density at radius 3 is 2.13 bits per heavy atom. The van der Waals surface area contributed by atoms with E-state index in [1.165, 1.54) is 42.2 Å². The smallest absolute Gasteiger partial charge is 0.264 e. The molecule has 0 unspecified atom stereocenters. The van der Waals surface area contributed by atoms with Gasteiger partial charge in [0.15, 0.2) is 0 Å². The lowest BCUT2D eigenvalue weighted by Crippen LogP contribution is -2.52. The van der Waals surface area contributed by atoms with Crippen LogP contribution in [0.2, 0.25) is 0 Å². The molecule has 0 radical (unpaired) electrons. The molecule has 10 heteroatoms. The third-order valence-corrected chi connectivity index (χ3v) is 8.22. The fourth-order valence-electron chi connectivity index (χ4n) is 3.77. The monoisotopic (exact) mass is 603 g/mol. The fraction of sp³-hybridized carbons (Fsp3) is 0.286. The SMILES string of the molecule is Cc1ccc(S(=O)(=O)N(CC(=O)N(Cc2ccccc2F)[C@@H](C)C(=O)NC(C)C)c2ccc(Br)cc2)cc1. The van der Waals surface area contributed by atoms with Gasteiger partial charge in [-0.1, -0.05) is 51.8 Å². The van der Waals surface area contributed by atoms with E-state index in [-0.39, 0.29) is 28.7 Å². The van der Waals surface area contributed by atoms with Gasteiger partial charge in [0.2, 0.25) is 11.8 Å². The Kier molecular flexibility index (Phi) is 9.67. The molecule has 0 bridgehead atoms. The number of halogens is 2. The zero-order chi connectivity index (χ0) is 28.0. The molecule has 0 aliphatic rings. The van der Waals surface area contributed by atoms with Crippen molar-refractivity contribution in [3.8, 4) is 0 Å². The molecule has 0 saturated carbocycles. The topological polar surface area (TPSA) is 86.8 Å². The van der Waals surface area contributed by atoms with Crippen LogP contribution in [-0.4, -0.2) is 43.8 Å². The van der Waals surface area contributed by atoms with Crippen molar-refractivity contribution in [1.82, 2.24) is 10.2 Å². The predicted octanol–water partition coefficient (Wildman–Crippen LogP) is 5.03. The summed E-state index contributed by atoms with van der Waals surface area (Å²) in [5, 5.41) is 2.77. The maximum Gasteiger partial charge on any atom is 0.264 e. The van der Waals surface area contributed by atoms with Crippen LogP contribution in [0.15, 0.2) is 82.2 Å². The lowest BCUT2D eigenvalue weighted by atomic mass is 10.1. The number of nitrogens with zero attached hydrogens (tertiary/aromatic N) is 2. The highest BCUT2D eigenvalue weighted by atomic mass is 79.9. The van der Waals surface area contributed by atoms with Crippen LogP contribution in [0.4, 0.5) is 10.1 Å². The lowest BCUT2D eigenvalue weighted by Gasteiger charge is -2.32. The van der Waals surface area contributed by atoms with E-state index in [0.717, 1.165) is 14.3 Å². The third kappa shape index (κ3) is 7.20. The van der Waals surface area contributed by atoms with Gasteiger partial charge in [0.1, 0.15) is 18.4 Å². The molecule has 202 valence electrons. The standard InChI is InChI=1S/C28H31BrFN3O4S/c1-19(2)31-28(35)21(4)32(17-22-7-5-6-8-26(22)30)27(34)18-33(24-13-11-23(29)12-14-24)38(36,37)25-15-9-20(3)10-16-25/h5-16,19,21H,17-18H2,1-4H3,(H,31,35)/t21-/m0/s1. The Hall–Kier alpha value is -3.24. The van der Waals surface area contributed by atoms with E-state index in [1.807, 2.05) is 6.92 Å². The number of rotatable bonds is 10. The number of amides is 2. The van der Waals surface area contributed by atoms with Crippen LogP contribution in [0.1, 0.15) is 31.9 Å². The predicted molar refractivity (Wildman–Crippen MR) is 150 cm³/mol. The first-order valence-corrected chi connectivity index (χ1v) is 14.3. The van der Waals surface area contributed by atoms with Gasteiger partial charge in [-0.2, -0.15) is 0 Å². The van der Waals surface area contributed by atoms with Crippen molar-refractivity contribution in [2.75, 3.05) is 10.8 Å². The number of anilines is 1. The second kappa shape index (κ2) is 12.5. The van der Waals surface area contributed by atoms with Gasteiger partial charge in [0.25, 0.3) is 10.0 Å². The van der Waals surface area contributed by atoms with E-state index in [0.29, 0.717) is 0 Å². The zero-order valence-electron chi connectivity index (χ0n) is 21.7. The van der Waals surface area contributed by atoms with Crippen LogP contribution in [0.5, 0.6) is 0 Å². The molecule has 0 aromatic heterocycles. The molecular formula is C28H31BrFN3O4S. The Bertz CT molecular complexity index is 1380. The highest BCUT2D eigenvalue weighted by molar-refractivity contribution is 9.10. The van der Waals surface area contributed by atoms with Crippen molar-refractivity contribution in [1.29, 1.82) is 0 Å². The highest BCUT2D eigenvalue weighted by Crippen LogP contribution is 2.26. The molecule has 1 atom stereocenters. The summed E-state index contributed by atoms with van der Waals surface area (Å²) in [5.41, 5.74) is 1.37. The molecule has 0 fully saturated rings. The first-order valence-electron chi connectivity index (χ1n) is 12.1. The normalized spacial score (nSPS) is 12.2. The van der Waals surface area contributed by atoms with Gasteiger partial charge in [-0.05, 0) is 70.2 Å². The summed E-state index contributed by atoms with van der Waals surface area (Å²) < 4.78 is 43.8. The van der Waals surface area contributed by atoms with E-state index < -0.39 is 40.2 Å². The molecule has 7 nitrogen and oxygen atoms in total. The second-order valence-corrected chi connectivity index (χ2v) is 12.0. The number of hydrogen-bond donors (Lipinski definition) is 1. The molecule has 0 aliphatic heterocycles. The van der Waals surface area contributed by atoms with Crippen molar-refractivity contribution in [3.63, 3.8) is 0 Å². The van der Waals surface area contributed by atoms with Gasteiger partial charge in [0, 0.05) is 22.6 Å². The van der Waals surface area contributed by atoms with Crippen molar-refractivity contribution >= 4 is 43.5 Å². The summed E-state index contributed by atoms with van der Waals surface area (Å²) >= 11 is 3.35. The summed E-state index contributed by atoms with van der Waals surface area (Å²) in [6.07, 6.45) is 0. The third-order valence-electron chi connectivity index (χ3n) is 5.90. The van der Waals surface area contributed by atoms with Crippen LogP contribution in [0, 0.1) is 12.7 Å². The minimum atomic E-state index is -4.16. The number of benzene rings is 3. The number of sulfonamides is 1. The minimum absolute atomic E-state index is 0.0186. The van der Waals surface area contributed by atoms with E-state index in [4.69, 9.17) is 0 Å². The average molecular weight is 605 g/mol. The molecule has 38 heavy (non-hydrogen) atoms. The van der Waals surface area contributed by atoms with Gasteiger partial charge in [-0.3, -0.25) is 13.9 Å². The maximum atomic E-state index is 14.5. The number of carbonyl (C=O) groups is 2. The summed E-state index contributed by atoms with van der Waals surface area (Å²) in [4.78, 5) is 27.9. The van der Waals surface area contributed by atoms with Crippen molar-refractivity contribution in [2.45, 2.75) is 51.2 Å². The molecule has 0 aliphatic carbocycles. The molecule has 0 heterocycles. The van der Waals surface area contributed by atoms with Gasteiger partial charge in [0.05, 0.1) is 10.6 Å². The molecular weight excluding hydrogens is 573 g/mol. The van der Waals surface area contributed by atoms with Crippen LogP contribution in [0.3, 0.4) is 0 Å². The van der Waals surface area contributed by atoms with Crippen LogP contribution in [-0.2, 0) is 26.2 Å². The zero-order valence-corrected chi connectivity index (χ0v) is 24.1. The van der Waals surface area contributed by atoms with Crippen LogP contribution >= 0.6 is 15.9 Å². The van der Waals surface area contributed by atoms with Crippen molar-refractivity contribution in [3.05, 3.63) is 94.2 Å². The largest absolute Gasteiger partial charge is 0.352 e. The summed E-state index contributed by atoms with van der Waals surface area (Å²) in [6, 6.07) is 17.6. The summed E-state index contributed by atoms with van der Waals surface area (Å²) in [7, 11) is -4.16. The molecule has 2 amide bonds. The van der Waals surface area contributed by atoms with E-state index in [1.54, 1.807) is 56.3 Å². The molecule has 0 saturated heterocycles. The van der Waals surface area contributed by atoms with E-state index in [9.17, 15) is 22.4 Å². The number of carbonyl (C=O) groups excluding carboxylic acids is 2. The highest BCUT2D eigenvalue weighted by Gasteiger charge is 2.33. The van der Waals surface area contributed by atoms with Gasteiger partial charge in [-0.15, -0.1) is 0 Å². The van der Waals surface area contributed by atoms with Crippen LogP contribution < -0.4 is 9.62 Å². The Morgan fingerprint density at radius 2 is 1.55 bits per heavy atom. The Morgan fingerprint density at radius 1 is 0.947 bits per heavy atom. The van der Waals surface area contributed by atoms with Gasteiger partial charge in [-0.25, -0.2) is 12.8 Å².